The van der Waals surface area contributed by atoms with Crippen molar-refractivity contribution in [2.45, 2.75) is 78.1 Å². The number of halogens is 3. The Morgan fingerprint density at radius 3 is 2.34 bits per heavy atom. The molecule has 1 atom stereocenters. The predicted octanol–water partition coefficient (Wildman–Crippen LogP) is 7.95. The van der Waals surface area contributed by atoms with Crippen molar-refractivity contribution < 1.29 is 22.8 Å². The fraction of sp³-hybridized carbons (Fsp3) is 0.472. The van der Waals surface area contributed by atoms with Gasteiger partial charge < -0.3 is 19.7 Å². The SMILES string of the molecule is CCC(CC)n1c(Cc2cccs2)nc2cc(C(=O)NC(CCC(C)C)C(=O)N3CCN(c4cccc(C(F)(F)F)c4)CC3)ccc21. The molecule has 47 heavy (non-hydrogen) atoms. The average molecular weight is 668 g/mol. The maximum absolute atomic E-state index is 13.8. The molecule has 7 nitrogen and oxygen atoms in total. The van der Waals surface area contributed by atoms with E-state index in [4.69, 9.17) is 4.98 Å². The van der Waals surface area contributed by atoms with Crippen LogP contribution in [0.5, 0.6) is 0 Å². The van der Waals surface area contributed by atoms with E-state index in [1.54, 1.807) is 22.3 Å². The molecular weight excluding hydrogens is 623 g/mol. The van der Waals surface area contributed by atoms with E-state index in [1.165, 1.54) is 10.9 Å². The first-order valence-electron chi connectivity index (χ1n) is 16.5. The van der Waals surface area contributed by atoms with Gasteiger partial charge in [-0.2, -0.15) is 13.2 Å². The van der Waals surface area contributed by atoms with Gasteiger partial charge in [-0.15, -0.1) is 11.3 Å². The molecule has 252 valence electrons. The number of nitrogens with zero attached hydrogens (tertiary/aromatic N) is 4. The maximum Gasteiger partial charge on any atom is 0.416 e. The first-order valence-corrected chi connectivity index (χ1v) is 17.4. The Kier molecular flexibility index (Phi) is 10.9. The van der Waals surface area contributed by atoms with Crippen LogP contribution in [0.4, 0.5) is 18.9 Å². The number of imidazole rings is 1. The number of nitrogens with one attached hydrogen (secondary N) is 1. The van der Waals surface area contributed by atoms with Gasteiger partial charge in [0.2, 0.25) is 5.91 Å². The Labute approximate surface area is 278 Å². The van der Waals surface area contributed by atoms with E-state index in [0.29, 0.717) is 55.8 Å². The van der Waals surface area contributed by atoms with Crippen molar-refractivity contribution in [2.24, 2.45) is 5.92 Å². The average Bonchev–Trinajstić information content (AvgIpc) is 3.70. The Balaban J connectivity index is 1.31. The molecule has 0 bridgehead atoms. The largest absolute Gasteiger partial charge is 0.416 e. The Bertz CT molecular complexity index is 1650. The van der Waals surface area contributed by atoms with Crippen LogP contribution < -0.4 is 10.2 Å². The molecule has 1 aliphatic rings. The van der Waals surface area contributed by atoms with Crippen molar-refractivity contribution in [3.05, 3.63) is 81.8 Å². The number of piperazine rings is 1. The summed E-state index contributed by atoms with van der Waals surface area (Å²) in [6.45, 7) is 10.0. The molecule has 1 saturated heterocycles. The summed E-state index contributed by atoms with van der Waals surface area (Å²) in [5.74, 6) is 0.823. The predicted molar refractivity (Wildman–Crippen MR) is 182 cm³/mol. The van der Waals surface area contributed by atoms with E-state index in [-0.39, 0.29) is 11.8 Å². The molecule has 1 N–H and O–H groups in total. The summed E-state index contributed by atoms with van der Waals surface area (Å²) in [7, 11) is 0. The lowest BCUT2D eigenvalue weighted by atomic mass is 10.0. The number of amides is 2. The summed E-state index contributed by atoms with van der Waals surface area (Å²) >= 11 is 1.70. The number of anilines is 1. The highest BCUT2D eigenvalue weighted by molar-refractivity contribution is 7.09. The second-order valence-corrected chi connectivity index (χ2v) is 13.7. The van der Waals surface area contributed by atoms with Gasteiger partial charge in [-0.3, -0.25) is 9.59 Å². The molecule has 2 amide bonds. The molecule has 0 spiro atoms. The van der Waals surface area contributed by atoms with Crippen LogP contribution in [0.3, 0.4) is 0 Å². The fourth-order valence-electron chi connectivity index (χ4n) is 6.33. The lowest BCUT2D eigenvalue weighted by Crippen LogP contribution is -2.55. The van der Waals surface area contributed by atoms with Crippen molar-refractivity contribution in [2.75, 3.05) is 31.1 Å². The number of fused-ring (bicyclic) bond motifs is 1. The zero-order chi connectivity index (χ0) is 33.7. The van der Waals surface area contributed by atoms with Crippen molar-refractivity contribution in [1.82, 2.24) is 19.8 Å². The van der Waals surface area contributed by atoms with Gasteiger partial charge in [0.05, 0.1) is 16.6 Å². The summed E-state index contributed by atoms with van der Waals surface area (Å²) in [5, 5.41) is 5.08. The molecule has 2 aromatic carbocycles. The molecule has 0 radical (unpaired) electrons. The van der Waals surface area contributed by atoms with Gasteiger partial charge in [-0.05, 0) is 79.4 Å². The van der Waals surface area contributed by atoms with E-state index in [9.17, 15) is 22.8 Å². The third kappa shape index (κ3) is 8.17. The van der Waals surface area contributed by atoms with Crippen LogP contribution >= 0.6 is 11.3 Å². The zero-order valence-corrected chi connectivity index (χ0v) is 28.3. The normalized spacial score (nSPS) is 14.7. The molecule has 0 saturated carbocycles. The molecule has 4 aromatic rings. The monoisotopic (exact) mass is 667 g/mol. The number of alkyl halides is 3. The molecule has 11 heteroatoms. The summed E-state index contributed by atoms with van der Waals surface area (Å²) in [5.41, 5.74) is 1.99. The number of carbonyl (C=O) groups is 2. The molecule has 5 rings (SSSR count). The second-order valence-electron chi connectivity index (χ2n) is 12.7. The van der Waals surface area contributed by atoms with Gasteiger partial charge in [0.25, 0.3) is 5.91 Å². The summed E-state index contributed by atoms with van der Waals surface area (Å²) < 4.78 is 42.1. The van der Waals surface area contributed by atoms with Crippen molar-refractivity contribution in [1.29, 1.82) is 0 Å². The van der Waals surface area contributed by atoms with Gasteiger partial charge in [-0.1, -0.05) is 39.8 Å². The summed E-state index contributed by atoms with van der Waals surface area (Å²) in [4.78, 5) is 37.3. The van der Waals surface area contributed by atoms with Crippen LogP contribution in [0.25, 0.3) is 11.0 Å². The van der Waals surface area contributed by atoms with E-state index < -0.39 is 17.8 Å². The first kappa shape index (κ1) is 34.5. The van der Waals surface area contributed by atoms with Gasteiger partial charge in [0.1, 0.15) is 11.9 Å². The highest BCUT2D eigenvalue weighted by atomic mass is 32.1. The Hall–Kier alpha value is -3.86. The zero-order valence-electron chi connectivity index (χ0n) is 27.5. The third-order valence-corrected chi connectivity index (χ3v) is 9.89. The Morgan fingerprint density at radius 2 is 1.70 bits per heavy atom. The third-order valence-electron chi connectivity index (χ3n) is 9.01. The number of rotatable bonds is 12. The van der Waals surface area contributed by atoms with Crippen molar-refractivity contribution >= 4 is 39.9 Å². The number of carbonyl (C=O) groups excluding carboxylic acids is 2. The van der Waals surface area contributed by atoms with Crippen LogP contribution in [0, 0.1) is 5.92 Å². The molecule has 2 aromatic heterocycles. The molecule has 1 aliphatic heterocycles. The highest BCUT2D eigenvalue weighted by Crippen LogP contribution is 2.32. The lowest BCUT2D eigenvalue weighted by Gasteiger charge is -2.38. The standard InChI is InChI=1S/C36H44F3N5O2S/c1-5-27(6-2)44-32-15-13-25(21-31(32)40-33(44)23-29-11-8-20-47-29)34(45)41-30(14-12-24(3)4)35(46)43-18-16-42(17-19-43)28-10-7-9-26(22-28)36(37,38)39/h7-11,13,15,20-22,24,27,30H,5-6,12,14,16-19,23H2,1-4H3,(H,41,45). The Morgan fingerprint density at radius 1 is 0.957 bits per heavy atom. The van der Waals surface area contributed by atoms with Crippen LogP contribution in [-0.4, -0.2) is 58.5 Å². The fourth-order valence-corrected chi connectivity index (χ4v) is 7.03. The van der Waals surface area contributed by atoms with E-state index in [1.807, 2.05) is 29.2 Å². The van der Waals surface area contributed by atoms with E-state index in [0.717, 1.165) is 54.7 Å². The van der Waals surface area contributed by atoms with Crippen LogP contribution in [-0.2, 0) is 17.4 Å². The van der Waals surface area contributed by atoms with Gasteiger partial charge in [-0.25, -0.2) is 4.98 Å². The minimum Gasteiger partial charge on any atom is -0.368 e. The number of benzene rings is 2. The number of thiophene rings is 1. The van der Waals surface area contributed by atoms with Crippen molar-refractivity contribution in [3.8, 4) is 0 Å². The quantitative estimate of drug-likeness (QED) is 0.167. The minimum absolute atomic E-state index is 0.167. The van der Waals surface area contributed by atoms with Crippen molar-refractivity contribution in [3.63, 3.8) is 0 Å². The topological polar surface area (TPSA) is 70.5 Å². The molecular formula is C36H44F3N5O2S. The van der Waals surface area contributed by atoms with Crippen LogP contribution in [0.2, 0.25) is 0 Å². The van der Waals surface area contributed by atoms with Crippen LogP contribution in [0.1, 0.15) is 86.0 Å². The van der Waals surface area contributed by atoms with E-state index in [2.05, 4.69) is 49.0 Å². The smallest absolute Gasteiger partial charge is 0.368 e. The molecule has 0 aliphatic carbocycles. The van der Waals surface area contributed by atoms with Gasteiger partial charge in [0, 0.05) is 54.8 Å². The minimum atomic E-state index is -4.42. The first-order chi connectivity index (χ1) is 22.5. The number of aromatic nitrogens is 2. The van der Waals surface area contributed by atoms with Crippen LogP contribution in [0.15, 0.2) is 60.0 Å². The maximum atomic E-state index is 13.8. The molecule has 1 fully saturated rings. The van der Waals surface area contributed by atoms with E-state index >= 15 is 0 Å². The summed E-state index contributed by atoms with van der Waals surface area (Å²) in [6, 6.07) is 14.6. The van der Waals surface area contributed by atoms with Gasteiger partial charge in [0.15, 0.2) is 0 Å². The number of hydrogen-bond donors (Lipinski definition) is 1. The lowest BCUT2D eigenvalue weighted by molar-refractivity contribution is -0.137. The second kappa shape index (κ2) is 14.9. The highest BCUT2D eigenvalue weighted by Gasteiger charge is 2.32. The van der Waals surface area contributed by atoms with Gasteiger partial charge >= 0.3 is 6.18 Å². The summed E-state index contributed by atoms with van der Waals surface area (Å²) in [6.07, 6.45) is -0.513. The molecule has 3 heterocycles. The molecule has 1 unspecified atom stereocenters. The number of hydrogen-bond acceptors (Lipinski definition) is 5.